The summed E-state index contributed by atoms with van der Waals surface area (Å²) in [6, 6.07) is 4.77. The van der Waals surface area contributed by atoms with Gasteiger partial charge in [-0.3, -0.25) is 10.2 Å². The van der Waals surface area contributed by atoms with Crippen LogP contribution in [0, 0.1) is 0 Å². The molecule has 0 atom stereocenters. The highest BCUT2D eigenvalue weighted by molar-refractivity contribution is 6.39. The number of halogens is 2. The van der Waals surface area contributed by atoms with Crippen molar-refractivity contribution in [2.45, 2.75) is 13.8 Å². The lowest BCUT2D eigenvalue weighted by Gasteiger charge is -2.06. The molecule has 0 aliphatic carbocycles. The van der Waals surface area contributed by atoms with Gasteiger partial charge in [0.25, 0.3) is 0 Å². The highest BCUT2D eigenvalue weighted by Gasteiger charge is 2.29. The molecule has 0 bridgehead atoms. The van der Waals surface area contributed by atoms with Gasteiger partial charge in [-0.1, -0.05) is 39.6 Å². The third-order valence-electron chi connectivity index (χ3n) is 2.81. The summed E-state index contributed by atoms with van der Waals surface area (Å²) < 4.78 is 9.74. The van der Waals surface area contributed by atoms with Crippen molar-refractivity contribution in [3.05, 3.63) is 33.8 Å². The highest BCUT2D eigenvalue weighted by Crippen LogP contribution is 2.38. The molecule has 25 heavy (non-hydrogen) atoms. The Balaban J connectivity index is 2.47. The number of esters is 1. The van der Waals surface area contributed by atoms with Crippen LogP contribution >= 0.6 is 23.2 Å². The Morgan fingerprint density at radius 3 is 2.44 bits per heavy atom. The van der Waals surface area contributed by atoms with Gasteiger partial charge in [0.05, 0.1) is 22.9 Å². The van der Waals surface area contributed by atoms with E-state index in [4.69, 9.17) is 32.5 Å². The zero-order chi connectivity index (χ0) is 18.6. The van der Waals surface area contributed by atoms with E-state index in [0.29, 0.717) is 5.71 Å². The molecule has 2 rings (SSSR count). The molecule has 8 nitrogen and oxygen atoms in total. The summed E-state index contributed by atoms with van der Waals surface area (Å²) in [6.07, 6.45) is -0.973. The van der Waals surface area contributed by atoms with Gasteiger partial charge in [0, 0.05) is 5.56 Å². The summed E-state index contributed by atoms with van der Waals surface area (Å²) in [6.45, 7) is 3.28. The predicted octanol–water partition coefficient (Wildman–Crippen LogP) is 4.38. The van der Waals surface area contributed by atoms with Crippen LogP contribution in [0.5, 0.6) is 0 Å². The second-order valence-electron chi connectivity index (χ2n) is 4.87. The Morgan fingerprint density at radius 1 is 1.24 bits per heavy atom. The molecule has 0 saturated heterocycles. The standard InChI is InChI=1S/C15H13Cl2N3O5/c1-7(2)19-25-15(22)18-13-11(14(21)23-3)12(20-24-13)10-8(16)5-4-6-9(10)17/h4-6H,1-3H3,(H,18,22). The van der Waals surface area contributed by atoms with E-state index < -0.39 is 12.1 Å². The Morgan fingerprint density at radius 2 is 1.88 bits per heavy atom. The van der Waals surface area contributed by atoms with Gasteiger partial charge in [-0.2, -0.15) is 0 Å². The van der Waals surface area contributed by atoms with Crippen molar-refractivity contribution in [2.24, 2.45) is 5.16 Å². The number of methoxy groups -OCH3 is 1. The van der Waals surface area contributed by atoms with Crippen LogP contribution in [0.1, 0.15) is 24.2 Å². The number of ether oxygens (including phenoxy) is 1. The number of anilines is 1. The average molecular weight is 386 g/mol. The van der Waals surface area contributed by atoms with Gasteiger partial charge in [0.15, 0.2) is 5.56 Å². The maximum absolute atomic E-state index is 12.1. The fraction of sp³-hybridized carbons (Fsp3) is 0.200. The summed E-state index contributed by atoms with van der Waals surface area (Å²) in [5.74, 6) is -1.09. The Labute approximate surface area is 152 Å². The maximum Gasteiger partial charge on any atom is 0.440 e. The van der Waals surface area contributed by atoms with E-state index >= 15 is 0 Å². The normalized spacial score (nSPS) is 10.1. The largest absolute Gasteiger partial charge is 0.465 e. The average Bonchev–Trinajstić information content (AvgIpc) is 2.95. The van der Waals surface area contributed by atoms with E-state index in [2.05, 4.69) is 20.5 Å². The van der Waals surface area contributed by atoms with E-state index in [-0.39, 0.29) is 32.8 Å². The first-order valence-corrected chi connectivity index (χ1v) is 7.62. The molecule has 1 aromatic carbocycles. The van der Waals surface area contributed by atoms with Crippen LogP contribution in [0.2, 0.25) is 10.0 Å². The monoisotopic (exact) mass is 385 g/mol. The molecule has 0 unspecified atom stereocenters. The third-order valence-corrected chi connectivity index (χ3v) is 3.44. The molecule has 0 spiro atoms. The van der Waals surface area contributed by atoms with Gasteiger partial charge in [-0.05, 0) is 26.0 Å². The molecule has 0 radical (unpaired) electrons. The van der Waals surface area contributed by atoms with E-state index in [0.717, 1.165) is 0 Å². The molecule has 0 aliphatic rings. The van der Waals surface area contributed by atoms with Crippen LogP contribution in [0.25, 0.3) is 11.3 Å². The molecule has 1 N–H and O–H groups in total. The summed E-state index contributed by atoms with van der Waals surface area (Å²) in [5.41, 5.74) is 0.642. The molecule has 2 aromatic rings. The molecule has 1 aromatic heterocycles. The number of benzene rings is 1. The van der Waals surface area contributed by atoms with Crippen LogP contribution in [-0.2, 0) is 9.57 Å². The van der Waals surface area contributed by atoms with Crippen molar-refractivity contribution in [1.82, 2.24) is 5.16 Å². The van der Waals surface area contributed by atoms with Crippen LogP contribution in [0.3, 0.4) is 0 Å². The first-order chi connectivity index (χ1) is 11.8. The summed E-state index contributed by atoms with van der Waals surface area (Å²) in [4.78, 5) is 28.4. The van der Waals surface area contributed by atoms with Crippen molar-refractivity contribution in [3.63, 3.8) is 0 Å². The minimum absolute atomic E-state index is 0.0212. The SMILES string of the molecule is COC(=O)c1c(-c2c(Cl)cccc2Cl)noc1NC(=O)ON=C(C)C. The van der Waals surface area contributed by atoms with Gasteiger partial charge < -0.3 is 9.26 Å². The van der Waals surface area contributed by atoms with Crippen molar-refractivity contribution in [2.75, 3.05) is 12.4 Å². The number of hydrogen-bond acceptors (Lipinski definition) is 7. The van der Waals surface area contributed by atoms with Crippen LogP contribution in [-0.4, -0.2) is 30.0 Å². The molecule has 0 saturated carbocycles. The lowest BCUT2D eigenvalue weighted by molar-refractivity contribution is 0.0602. The lowest BCUT2D eigenvalue weighted by Crippen LogP contribution is -2.14. The van der Waals surface area contributed by atoms with Crippen LogP contribution in [0.15, 0.2) is 27.9 Å². The second-order valence-corrected chi connectivity index (χ2v) is 5.68. The van der Waals surface area contributed by atoms with Gasteiger partial charge >= 0.3 is 12.1 Å². The predicted molar refractivity (Wildman–Crippen MR) is 92.2 cm³/mol. The number of nitrogens with one attached hydrogen (secondary N) is 1. The van der Waals surface area contributed by atoms with Crippen molar-refractivity contribution >= 4 is 46.9 Å². The van der Waals surface area contributed by atoms with Crippen molar-refractivity contribution < 1.29 is 23.7 Å². The van der Waals surface area contributed by atoms with Crippen molar-refractivity contribution in [3.8, 4) is 11.3 Å². The van der Waals surface area contributed by atoms with Gasteiger partial charge in [-0.15, -0.1) is 0 Å². The Kier molecular flexibility index (Phi) is 6.00. The smallest absolute Gasteiger partial charge is 0.440 e. The molecule has 10 heteroatoms. The molecule has 0 fully saturated rings. The third kappa shape index (κ3) is 4.28. The van der Waals surface area contributed by atoms with E-state index in [1.54, 1.807) is 32.0 Å². The Bertz CT molecular complexity index is 823. The number of oxime groups is 1. The molecule has 132 valence electrons. The van der Waals surface area contributed by atoms with Crippen molar-refractivity contribution in [1.29, 1.82) is 0 Å². The first kappa shape index (κ1) is 18.8. The van der Waals surface area contributed by atoms with Gasteiger partial charge in [0.2, 0.25) is 5.88 Å². The minimum Gasteiger partial charge on any atom is -0.465 e. The number of hydrogen-bond donors (Lipinski definition) is 1. The fourth-order valence-corrected chi connectivity index (χ4v) is 2.39. The second kappa shape index (κ2) is 8.00. The number of carbonyl (C=O) groups is 2. The quantitative estimate of drug-likeness (QED) is 0.362. The van der Waals surface area contributed by atoms with E-state index in [9.17, 15) is 9.59 Å². The van der Waals surface area contributed by atoms with Crippen LogP contribution in [0.4, 0.5) is 10.7 Å². The maximum atomic E-state index is 12.1. The highest BCUT2D eigenvalue weighted by atomic mass is 35.5. The van der Waals surface area contributed by atoms with E-state index in [1.807, 2.05) is 0 Å². The topological polar surface area (TPSA) is 103 Å². The zero-order valence-corrected chi connectivity index (χ0v) is 14.9. The number of rotatable bonds is 4. The molecular formula is C15H13Cl2N3O5. The molecule has 1 heterocycles. The number of nitrogens with zero attached hydrogens (tertiary/aromatic N) is 2. The lowest BCUT2D eigenvalue weighted by atomic mass is 10.1. The van der Waals surface area contributed by atoms with Gasteiger partial charge in [-0.25, -0.2) is 9.59 Å². The summed E-state index contributed by atoms with van der Waals surface area (Å²) in [5, 5.41) is 9.98. The molecule has 1 amide bonds. The number of carbonyl (C=O) groups excluding carboxylic acids is 2. The number of amides is 1. The number of aromatic nitrogens is 1. The Hall–Kier alpha value is -2.58. The molecular weight excluding hydrogens is 373 g/mol. The summed E-state index contributed by atoms with van der Waals surface area (Å²) in [7, 11) is 1.17. The minimum atomic E-state index is -0.973. The summed E-state index contributed by atoms with van der Waals surface area (Å²) >= 11 is 12.3. The zero-order valence-electron chi connectivity index (χ0n) is 13.4. The fourth-order valence-electron chi connectivity index (χ4n) is 1.81. The van der Waals surface area contributed by atoms with E-state index in [1.165, 1.54) is 7.11 Å². The van der Waals surface area contributed by atoms with Crippen LogP contribution < -0.4 is 5.32 Å². The molecule has 0 aliphatic heterocycles. The van der Waals surface area contributed by atoms with Gasteiger partial charge in [0.1, 0.15) is 5.69 Å². The first-order valence-electron chi connectivity index (χ1n) is 6.86.